The normalized spacial score (nSPS) is 18.7. The van der Waals surface area contributed by atoms with Crippen molar-refractivity contribution in [2.45, 2.75) is 25.6 Å². The minimum atomic E-state index is -4.24. The molecule has 0 aliphatic carbocycles. The number of aryl methyl sites for hydroxylation is 1. The molecule has 0 radical (unpaired) electrons. The quantitative estimate of drug-likeness (QED) is 0.342. The Morgan fingerprint density at radius 2 is 2.07 bits per heavy atom. The van der Waals surface area contributed by atoms with E-state index in [4.69, 9.17) is 0 Å². The van der Waals surface area contributed by atoms with Gasteiger partial charge in [0.25, 0.3) is 0 Å². The Balaban J connectivity index is 1.78. The van der Waals surface area contributed by atoms with Crippen LogP contribution in [0.4, 0.5) is 23.2 Å². The summed E-state index contributed by atoms with van der Waals surface area (Å²) in [4.78, 5) is 5.27. The zero-order valence-corrected chi connectivity index (χ0v) is 17.0. The van der Waals surface area contributed by atoms with E-state index in [-0.39, 0.29) is 30.6 Å². The summed E-state index contributed by atoms with van der Waals surface area (Å²) in [5.41, 5.74) is 0.538. The Morgan fingerprint density at radius 1 is 1.34 bits per heavy atom. The first kappa shape index (κ1) is 23.2. The van der Waals surface area contributed by atoms with E-state index in [1.165, 1.54) is 24.1 Å². The number of nitrogens with one attached hydrogen (secondary N) is 3. The summed E-state index contributed by atoms with van der Waals surface area (Å²) < 4.78 is 77.5. The number of hydrogen-bond acceptors (Lipinski definition) is 4. The van der Waals surface area contributed by atoms with Crippen molar-refractivity contribution < 1.29 is 26.0 Å². The lowest BCUT2D eigenvalue weighted by Gasteiger charge is -2.19. The summed E-state index contributed by atoms with van der Waals surface area (Å²) in [7, 11) is -2.23. The minimum absolute atomic E-state index is 0.0162. The lowest BCUT2D eigenvalue weighted by Crippen LogP contribution is -2.46. The van der Waals surface area contributed by atoms with E-state index in [1.807, 2.05) is 0 Å². The van der Waals surface area contributed by atoms with Gasteiger partial charge in [0, 0.05) is 32.7 Å². The molecule has 164 valence electrons. The first-order valence-electron chi connectivity index (χ1n) is 9.00. The molecule has 1 saturated heterocycles. The molecule has 0 amide bonds. The zero-order valence-electron chi connectivity index (χ0n) is 16.2. The number of anilines is 1. The molecule has 3 N–H and O–H groups in total. The molecule has 0 bridgehead atoms. The fourth-order valence-electron chi connectivity index (χ4n) is 2.93. The van der Waals surface area contributed by atoms with Crippen LogP contribution in [-0.4, -0.2) is 70.5 Å². The number of halogens is 4. The Kier molecular flexibility index (Phi) is 7.69. The van der Waals surface area contributed by atoms with Gasteiger partial charge in [-0.2, -0.15) is 13.2 Å². The van der Waals surface area contributed by atoms with Gasteiger partial charge in [0.1, 0.15) is 5.82 Å². The standard InChI is InChI=1S/C17H25F4N5O2S/c1-12-3-4-13(9-15(12)18)25-29(27,28)8-6-23-16(22-2)24-14-5-7-26(10-14)11-17(19,20)21/h3-4,9,14,25H,5-8,10-11H2,1-2H3,(H2,22,23,24). The molecule has 1 aliphatic rings. The fraction of sp³-hybridized carbons (Fsp3) is 0.588. The second kappa shape index (κ2) is 9.61. The molecule has 0 saturated carbocycles. The molecule has 12 heteroatoms. The van der Waals surface area contributed by atoms with Gasteiger partial charge in [0.15, 0.2) is 5.96 Å². The van der Waals surface area contributed by atoms with Crippen LogP contribution in [0.5, 0.6) is 0 Å². The molecule has 7 nitrogen and oxygen atoms in total. The number of hydrogen-bond donors (Lipinski definition) is 3. The third kappa shape index (κ3) is 8.05. The van der Waals surface area contributed by atoms with Crippen molar-refractivity contribution in [1.82, 2.24) is 15.5 Å². The maximum absolute atomic E-state index is 13.5. The molecule has 1 heterocycles. The van der Waals surface area contributed by atoms with Crippen LogP contribution in [0.25, 0.3) is 0 Å². The Bertz CT molecular complexity index is 830. The van der Waals surface area contributed by atoms with E-state index in [9.17, 15) is 26.0 Å². The third-order valence-corrected chi connectivity index (χ3v) is 5.64. The van der Waals surface area contributed by atoms with Crippen molar-refractivity contribution in [2.24, 2.45) is 4.99 Å². The average Bonchev–Trinajstić information content (AvgIpc) is 3.01. The van der Waals surface area contributed by atoms with E-state index in [2.05, 4.69) is 20.3 Å². The zero-order chi connectivity index (χ0) is 21.7. The van der Waals surface area contributed by atoms with Crippen LogP contribution < -0.4 is 15.4 Å². The predicted molar refractivity (Wildman–Crippen MR) is 104 cm³/mol. The van der Waals surface area contributed by atoms with Gasteiger partial charge in [0.05, 0.1) is 18.0 Å². The summed E-state index contributed by atoms with van der Waals surface area (Å²) in [5, 5.41) is 5.82. The highest BCUT2D eigenvalue weighted by Gasteiger charge is 2.34. The highest BCUT2D eigenvalue weighted by atomic mass is 32.2. The highest BCUT2D eigenvalue weighted by Crippen LogP contribution is 2.20. The topological polar surface area (TPSA) is 85.8 Å². The summed E-state index contributed by atoms with van der Waals surface area (Å²) in [6, 6.07) is 3.83. The number of benzene rings is 1. The second-order valence-electron chi connectivity index (χ2n) is 6.86. The van der Waals surface area contributed by atoms with Crippen LogP contribution in [0.15, 0.2) is 23.2 Å². The smallest absolute Gasteiger partial charge is 0.355 e. The van der Waals surface area contributed by atoms with Gasteiger partial charge in [-0.15, -0.1) is 0 Å². The summed E-state index contributed by atoms with van der Waals surface area (Å²) in [6.45, 7) is 1.17. The van der Waals surface area contributed by atoms with Crippen molar-refractivity contribution in [3.63, 3.8) is 0 Å². The van der Waals surface area contributed by atoms with Crippen LogP contribution in [-0.2, 0) is 10.0 Å². The lowest BCUT2D eigenvalue weighted by molar-refractivity contribution is -0.143. The van der Waals surface area contributed by atoms with Gasteiger partial charge >= 0.3 is 6.18 Å². The number of alkyl halides is 3. The number of likely N-dealkylation sites (tertiary alicyclic amines) is 1. The van der Waals surface area contributed by atoms with Crippen LogP contribution in [0, 0.1) is 12.7 Å². The number of nitrogens with zero attached hydrogens (tertiary/aromatic N) is 2. The number of aliphatic imine (C=N–C) groups is 1. The van der Waals surface area contributed by atoms with Crippen LogP contribution >= 0.6 is 0 Å². The van der Waals surface area contributed by atoms with E-state index in [0.29, 0.717) is 24.5 Å². The molecule has 0 spiro atoms. The van der Waals surface area contributed by atoms with Crippen molar-refractivity contribution >= 4 is 21.7 Å². The van der Waals surface area contributed by atoms with E-state index in [0.717, 1.165) is 6.07 Å². The van der Waals surface area contributed by atoms with Gasteiger partial charge in [-0.05, 0) is 31.0 Å². The molecule has 29 heavy (non-hydrogen) atoms. The third-order valence-electron chi connectivity index (χ3n) is 4.35. The van der Waals surface area contributed by atoms with Crippen molar-refractivity contribution in [3.8, 4) is 0 Å². The lowest BCUT2D eigenvalue weighted by atomic mass is 10.2. The van der Waals surface area contributed by atoms with Crippen LogP contribution in [0.3, 0.4) is 0 Å². The molecule has 1 fully saturated rings. The van der Waals surface area contributed by atoms with Crippen molar-refractivity contribution in [3.05, 3.63) is 29.6 Å². The molecule has 1 atom stereocenters. The maximum atomic E-state index is 13.5. The number of rotatable bonds is 7. The maximum Gasteiger partial charge on any atom is 0.401 e. The molecular weight excluding hydrogens is 414 g/mol. The fourth-order valence-corrected chi connectivity index (χ4v) is 3.89. The molecule has 1 aromatic rings. The molecule has 0 aromatic heterocycles. The van der Waals surface area contributed by atoms with Gasteiger partial charge in [-0.25, -0.2) is 12.8 Å². The molecule has 2 rings (SSSR count). The van der Waals surface area contributed by atoms with E-state index >= 15 is 0 Å². The van der Waals surface area contributed by atoms with E-state index in [1.54, 1.807) is 6.92 Å². The monoisotopic (exact) mass is 439 g/mol. The summed E-state index contributed by atoms with van der Waals surface area (Å²) >= 11 is 0. The molecule has 1 unspecified atom stereocenters. The van der Waals surface area contributed by atoms with Crippen molar-refractivity contribution in [2.75, 3.05) is 43.7 Å². The Hall–Kier alpha value is -2.08. The molecular formula is C17H25F4N5O2S. The van der Waals surface area contributed by atoms with E-state index < -0.39 is 28.6 Å². The summed E-state index contributed by atoms with van der Waals surface area (Å²) in [6.07, 6.45) is -3.72. The average molecular weight is 439 g/mol. The SMILES string of the molecule is CN=C(NCCS(=O)(=O)Nc1ccc(C)c(F)c1)NC1CCN(CC(F)(F)F)C1. The van der Waals surface area contributed by atoms with Gasteiger partial charge in [-0.1, -0.05) is 6.07 Å². The number of guanidine groups is 1. The first-order valence-corrected chi connectivity index (χ1v) is 10.7. The predicted octanol–water partition coefficient (Wildman–Crippen LogP) is 1.68. The number of sulfonamides is 1. The molecule has 1 aliphatic heterocycles. The van der Waals surface area contributed by atoms with Gasteiger partial charge < -0.3 is 10.6 Å². The highest BCUT2D eigenvalue weighted by molar-refractivity contribution is 7.92. The Morgan fingerprint density at radius 3 is 2.69 bits per heavy atom. The first-order chi connectivity index (χ1) is 13.5. The largest absolute Gasteiger partial charge is 0.401 e. The van der Waals surface area contributed by atoms with Crippen LogP contribution in [0.2, 0.25) is 0 Å². The minimum Gasteiger partial charge on any atom is -0.355 e. The van der Waals surface area contributed by atoms with Crippen molar-refractivity contribution in [1.29, 1.82) is 0 Å². The van der Waals surface area contributed by atoms with Gasteiger partial charge in [-0.3, -0.25) is 14.6 Å². The van der Waals surface area contributed by atoms with Crippen LogP contribution in [0.1, 0.15) is 12.0 Å². The second-order valence-corrected chi connectivity index (χ2v) is 8.71. The molecule has 1 aromatic carbocycles. The summed E-state index contributed by atoms with van der Waals surface area (Å²) in [5.74, 6) is -0.502. The van der Waals surface area contributed by atoms with Gasteiger partial charge in [0.2, 0.25) is 10.0 Å². The Labute approximate surface area is 167 Å².